The minimum atomic E-state index is -1.06. The van der Waals surface area contributed by atoms with Crippen molar-refractivity contribution in [3.63, 3.8) is 0 Å². The highest BCUT2D eigenvalue weighted by atomic mass is 35.5. The third-order valence-electron chi connectivity index (χ3n) is 6.32. The Kier molecular flexibility index (Phi) is 6.71. The summed E-state index contributed by atoms with van der Waals surface area (Å²) >= 11 is 6.63. The minimum Gasteiger partial charge on any atom is -0.478 e. The van der Waals surface area contributed by atoms with Crippen molar-refractivity contribution < 1.29 is 14.6 Å². The van der Waals surface area contributed by atoms with Crippen molar-refractivity contribution in [3.8, 4) is 22.9 Å². The highest BCUT2D eigenvalue weighted by Gasteiger charge is 2.15. The Morgan fingerprint density at radius 3 is 2.79 bits per heavy atom. The highest BCUT2D eigenvalue weighted by Crippen LogP contribution is 2.34. The van der Waals surface area contributed by atoms with E-state index in [1.807, 2.05) is 31.4 Å². The fourth-order valence-corrected chi connectivity index (χ4v) is 4.75. The number of nitrogens with zero attached hydrogens (tertiary/aromatic N) is 3. The topological polar surface area (TPSA) is 135 Å². The maximum absolute atomic E-state index is 11.9. The number of aromatic nitrogens is 3. The summed E-state index contributed by atoms with van der Waals surface area (Å²) in [6.07, 6.45) is 4.52. The number of imidazole rings is 1. The first-order valence-corrected chi connectivity index (χ1v) is 12.3. The minimum absolute atomic E-state index is 0.133. The molecule has 0 bridgehead atoms. The number of nitrogens with two attached hydrogens (primary N) is 2. The molecule has 0 amide bonds. The molecule has 38 heavy (non-hydrogen) atoms. The van der Waals surface area contributed by atoms with Gasteiger partial charge in [-0.2, -0.15) is 4.98 Å². The van der Waals surface area contributed by atoms with Gasteiger partial charge in [-0.25, -0.2) is 10.6 Å². The molecule has 2 aromatic heterocycles. The van der Waals surface area contributed by atoms with Crippen molar-refractivity contribution in [1.29, 1.82) is 0 Å². The molecule has 6 N–H and O–H groups in total. The number of carboxylic acids is 1. The first-order chi connectivity index (χ1) is 18.2. The van der Waals surface area contributed by atoms with Gasteiger partial charge in [0.25, 0.3) is 6.01 Å². The number of aryl methyl sites for hydroxylation is 2. The molecule has 0 fully saturated rings. The van der Waals surface area contributed by atoms with Crippen LogP contribution in [0.15, 0.2) is 72.7 Å². The first-order valence-electron chi connectivity index (χ1n) is 11.9. The van der Waals surface area contributed by atoms with E-state index in [-0.39, 0.29) is 11.6 Å². The Balaban J connectivity index is 1.40. The zero-order valence-corrected chi connectivity index (χ0v) is 21.7. The lowest BCUT2D eigenvalue weighted by molar-refractivity contribution is 0.0695. The molecule has 0 saturated carbocycles. The van der Waals surface area contributed by atoms with E-state index >= 15 is 0 Å². The summed E-state index contributed by atoms with van der Waals surface area (Å²) in [5, 5.41) is 12.8. The van der Waals surface area contributed by atoms with E-state index in [1.54, 1.807) is 25.4 Å². The molecule has 0 spiro atoms. The molecule has 0 aliphatic carbocycles. The van der Waals surface area contributed by atoms with Crippen LogP contribution in [0.1, 0.15) is 22.3 Å². The van der Waals surface area contributed by atoms with Crippen molar-refractivity contribution in [2.45, 2.75) is 12.8 Å². The van der Waals surface area contributed by atoms with Crippen molar-refractivity contribution in [2.75, 3.05) is 7.05 Å². The number of carbonyl (C=O) groups is 1. The Bertz CT molecular complexity index is 1700. The number of aromatic carboxylic acids is 1. The standard InChI is InChI=1S/C28H27ClN6O3/c1-34-10-9-18-11-17(5-8-26(18)34)21-13-24-25(14-23(21)29)33-28(32-24)38-20-7-4-16(22(12-20)27(36)37)3-6-19(30)15-35(2)31/h4-5,7-15H,3,6,30-31H2,1-2H3,(H,32,33)(H,36,37)/b19-15-. The summed E-state index contributed by atoms with van der Waals surface area (Å²) in [5.74, 6) is 4.87. The molecule has 0 saturated heterocycles. The molecule has 9 nitrogen and oxygen atoms in total. The van der Waals surface area contributed by atoms with Gasteiger partial charge in [0.05, 0.1) is 21.6 Å². The molecule has 194 valence electrons. The van der Waals surface area contributed by atoms with Crippen LogP contribution >= 0.6 is 11.6 Å². The van der Waals surface area contributed by atoms with Gasteiger partial charge in [0.1, 0.15) is 5.75 Å². The monoisotopic (exact) mass is 530 g/mol. The number of nitrogens with one attached hydrogen (secondary N) is 1. The first kappa shape index (κ1) is 25.2. The van der Waals surface area contributed by atoms with Crippen LogP contribution in [0, 0.1) is 0 Å². The van der Waals surface area contributed by atoms with Crippen molar-refractivity contribution in [3.05, 3.63) is 88.8 Å². The molecular formula is C28H27ClN6O3. The molecule has 0 atom stereocenters. The number of fused-ring (bicyclic) bond motifs is 2. The van der Waals surface area contributed by atoms with Gasteiger partial charge in [-0.15, -0.1) is 0 Å². The second-order valence-electron chi connectivity index (χ2n) is 9.19. The molecule has 5 rings (SSSR count). The summed E-state index contributed by atoms with van der Waals surface area (Å²) in [6.45, 7) is 0. The van der Waals surface area contributed by atoms with Crippen LogP contribution in [0.5, 0.6) is 11.8 Å². The molecule has 10 heteroatoms. The van der Waals surface area contributed by atoms with Gasteiger partial charge in [0, 0.05) is 48.7 Å². The number of hydrogen-bond acceptors (Lipinski definition) is 6. The third-order valence-corrected chi connectivity index (χ3v) is 6.64. The molecule has 2 heterocycles. The lowest BCUT2D eigenvalue weighted by Gasteiger charge is -2.11. The maximum Gasteiger partial charge on any atom is 0.336 e. The predicted molar refractivity (Wildman–Crippen MR) is 149 cm³/mol. The fraction of sp³-hybridized carbons (Fsp3) is 0.143. The SMILES string of the molecule is CN(N)/C=C(\N)CCc1ccc(Oc2nc3cc(-c4ccc5c(ccn5C)c4)c(Cl)cc3[nH]2)cc1C(=O)O. The summed E-state index contributed by atoms with van der Waals surface area (Å²) in [4.78, 5) is 19.6. The number of ether oxygens (including phenoxy) is 1. The molecule has 3 aromatic carbocycles. The molecule has 0 radical (unpaired) electrons. The molecule has 0 aliphatic rings. The van der Waals surface area contributed by atoms with E-state index in [4.69, 9.17) is 27.9 Å². The Morgan fingerprint density at radius 1 is 1.21 bits per heavy atom. The van der Waals surface area contributed by atoms with E-state index in [0.29, 0.717) is 45.9 Å². The number of halogens is 1. The second-order valence-corrected chi connectivity index (χ2v) is 9.59. The van der Waals surface area contributed by atoms with E-state index in [0.717, 1.165) is 22.0 Å². The zero-order chi connectivity index (χ0) is 27.0. The average molecular weight is 531 g/mol. The van der Waals surface area contributed by atoms with Crippen molar-refractivity contribution in [1.82, 2.24) is 19.5 Å². The maximum atomic E-state index is 11.9. The normalized spacial score (nSPS) is 11.8. The third kappa shape index (κ3) is 5.15. The summed E-state index contributed by atoms with van der Waals surface area (Å²) in [6, 6.07) is 17.1. The smallest absolute Gasteiger partial charge is 0.336 e. The average Bonchev–Trinajstić information content (AvgIpc) is 3.43. The Hall–Kier alpha value is -4.47. The van der Waals surface area contributed by atoms with E-state index in [1.165, 1.54) is 11.1 Å². The van der Waals surface area contributed by atoms with Gasteiger partial charge >= 0.3 is 5.97 Å². The van der Waals surface area contributed by atoms with E-state index in [9.17, 15) is 9.90 Å². The zero-order valence-electron chi connectivity index (χ0n) is 20.9. The van der Waals surface area contributed by atoms with Crippen molar-refractivity contribution >= 4 is 39.5 Å². The van der Waals surface area contributed by atoms with Crippen LogP contribution in [-0.4, -0.2) is 37.7 Å². The van der Waals surface area contributed by atoms with Crippen LogP contribution in [0.25, 0.3) is 33.1 Å². The van der Waals surface area contributed by atoms with E-state index in [2.05, 4.69) is 32.7 Å². The lowest BCUT2D eigenvalue weighted by atomic mass is 10.0. The van der Waals surface area contributed by atoms with Gasteiger partial charge < -0.3 is 30.1 Å². The fourth-order valence-electron chi connectivity index (χ4n) is 4.48. The van der Waals surface area contributed by atoms with Crippen LogP contribution in [0.3, 0.4) is 0 Å². The number of hydrazine groups is 1. The largest absolute Gasteiger partial charge is 0.478 e. The van der Waals surface area contributed by atoms with Crippen molar-refractivity contribution in [2.24, 2.45) is 18.6 Å². The van der Waals surface area contributed by atoms with Gasteiger partial charge in [0.2, 0.25) is 0 Å². The van der Waals surface area contributed by atoms with Crippen LogP contribution in [0.2, 0.25) is 5.02 Å². The van der Waals surface area contributed by atoms with Crippen LogP contribution in [0.4, 0.5) is 0 Å². The summed E-state index contributed by atoms with van der Waals surface area (Å²) in [5.41, 5.74) is 11.6. The molecular weight excluding hydrogens is 504 g/mol. The predicted octanol–water partition coefficient (Wildman–Crippen LogP) is 5.40. The molecule has 0 aliphatic heterocycles. The Morgan fingerprint density at radius 2 is 2.03 bits per heavy atom. The highest BCUT2D eigenvalue weighted by molar-refractivity contribution is 6.34. The quantitative estimate of drug-likeness (QED) is 0.156. The molecule has 5 aromatic rings. The number of aromatic amines is 1. The van der Waals surface area contributed by atoms with Crippen LogP contribution < -0.4 is 16.3 Å². The number of carboxylic acid groups (broad SMARTS) is 1. The number of benzene rings is 3. The van der Waals surface area contributed by atoms with Gasteiger partial charge in [0.15, 0.2) is 0 Å². The van der Waals surface area contributed by atoms with Crippen LogP contribution in [-0.2, 0) is 13.5 Å². The molecule has 0 unspecified atom stereocenters. The number of H-pyrrole nitrogens is 1. The second kappa shape index (κ2) is 10.1. The summed E-state index contributed by atoms with van der Waals surface area (Å²) < 4.78 is 7.96. The van der Waals surface area contributed by atoms with Gasteiger partial charge in [-0.3, -0.25) is 0 Å². The number of allylic oxidation sites excluding steroid dienone is 1. The lowest BCUT2D eigenvalue weighted by Crippen LogP contribution is -2.21. The van der Waals surface area contributed by atoms with E-state index < -0.39 is 5.97 Å². The number of rotatable bonds is 8. The summed E-state index contributed by atoms with van der Waals surface area (Å²) in [7, 11) is 3.67. The number of hydrogen-bond donors (Lipinski definition) is 4. The Labute approximate surface area is 223 Å². The van der Waals surface area contributed by atoms with Gasteiger partial charge in [-0.05, 0) is 66.4 Å². The van der Waals surface area contributed by atoms with Gasteiger partial charge in [-0.1, -0.05) is 23.7 Å².